The van der Waals surface area contributed by atoms with Crippen molar-refractivity contribution in [2.75, 3.05) is 5.32 Å². The number of nitrogens with one attached hydrogen (secondary N) is 1. The zero-order valence-corrected chi connectivity index (χ0v) is 16.5. The minimum absolute atomic E-state index is 0.00953. The molecule has 1 unspecified atom stereocenters. The average Bonchev–Trinajstić information content (AvgIpc) is 3.27. The fourth-order valence-electron chi connectivity index (χ4n) is 3.26. The van der Waals surface area contributed by atoms with Gasteiger partial charge in [0.2, 0.25) is 5.95 Å². The number of benzene rings is 1. The number of aryl methyl sites for hydroxylation is 1. The van der Waals surface area contributed by atoms with Crippen LogP contribution in [-0.2, 0) is 17.5 Å². The highest BCUT2D eigenvalue weighted by molar-refractivity contribution is 5.91. The molecule has 0 bridgehead atoms. The predicted molar refractivity (Wildman–Crippen MR) is 103 cm³/mol. The number of halogens is 3. The molecule has 0 spiro atoms. The van der Waals surface area contributed by atoms with Crippen LogP contribution in [0, 0.1) is 6.92 Å². The molecule has 1 amide bonds. The molecule has 1 aliphatic rings. The van der Waals surface area contributed by atoms with E-state index in [2.05, 4.69) is 20.5 Å². The van der Waals surface area contributed by atoms with Gasteiger partial charge in [0.15, 0.2) is 5.69 Å². The van der Waals surface area contributed by atoms with Crippen molar-refractivity contribution in [2.24, 2.45) is 0 Å². The Labute approximate surface area is 170 Å². The molecule has 158 valence electrons. The monoisotopic (exact) mass is 418 g/mol. The van der Waals surface area contributed by atoms with Crippen molar-refractivity contribution in [1.82, 2.24) is 24.5 Å². The van der Waals surface area contributed by atoms with E-state index in [-0.39, 0.29) is 11.9 Å². The molecule has 1 fully saturated rings. The number of alkyl halides is 3. The molecule has 0 saturated heterocycles. The number of carbonyl (C=O) groups is 1. The first-order valence-electron chi connectivity index (χ1n) is 9.64. The lowest BCUT2D eigenvalue weighted by atomic mass is 10.1. The van der Waals surface area contributed by atoms with Crippen LogP contribution < -0.4 is 5.32 Å². The highest BCUT2D eigenvalue weighted by atomic mass is 19.4. The minimum atomic E-state index is -4.55. The molecule has 1 atom stereocenters. The summed E-state index contributed by atoms with van der Waals surface area (Å²) >= 11 is 0. The first-order valence-corrected chi connectivity index (χ1v) is 9.64. The first kappa shape index (κ1) is 20.1. The van der Waals surface area contributed by atoms with Crippen LogP contribution in [0.5, 0.6) is 0 Å². The van der Waals surface area contributed by atoms with Crippen molar-refractivity contribution in [3.05, 3.63) is 59.2 Å². The van der Waals surface area contributed by atoms with Gasteiger partial charge in [-0.1, -0.05) is 24.3 Å². The number of nitrogens with zero attached hydrogens (tertiary/aromatic N) is 5. The summed E-state index contributed by atoms with van der Waals surface area (Å²) in [4.78, 5) is 16.7. The fraction of sp³-hybridized carbons (Fsp3) is 0.400. The molecule has 3 aromatic rings. The van der Waals surface area contributed by atoms with Gasteiger partial charge in [-0.3, -0.25) is 14.8 Å². The largest absolute Gasteiger partial charge is 0.435 e. The van der Waals surface area contributed by atoms with Crippen molar-refractivity contribution >= 4 is 11.9 Å². The molecule has 2 heterocycles. The Morgan fingerprint density at radius 1 is 1.27 bits per heavy atom. The number of rotatable bonds is 6. The standard InChI is InChI=1S/C20H21F3N6O/c1-12-5-3-4-6-15(12)10-28-11-24-19(27-28)25-18(30)13(2)29-16(14-7-8-14)9-17(26-29)20(21,22)23/h3-6,9,11,13-14H,7-8,10H2,1-2H3,(H,25,27,30). The number of carbonyl (C=O) groups excluding carboxylic acids is 1. The van der Waals surface area contributed by atoms with Crippen LogP contribution in [0.4, 0.5) is 19.1 Å². The van der Waals surface area contributed by atoms with Crippen molar-refractivity contribution in [3.63, 3.8) is 0 Å². The van der Waals surface area contributed by atoms with Crippen LogP contribution in [0.15, 0.2) is 36.7 Å². The van der Waals surface area contributed by atoms with E-state index in [9.17, 15) is 18.0 Å². The smallest absolute Gasteiger partial charge is 0.291 e. The van der Waals surface area contributed by atoms with Gasteiger partial charge in [-0.2, -0.15) is 18.3 Å². The van der Waals surface area contributed by atoms with Gasteiger partial charge in [-0.15, -0.1) is 5.10 Å². The summed E-state index contributed by atoms with van der Waals surface area (Å²) in [5.41, 5.74) is 1.63. The van der Waals surface area contributed by atoms with E-state index in [1.54, 1.807) is 4.68 Å². The predicted octanol–water partition coefficient (Wildman–Crippen LogP) is 3.93. The summed E-state index contributed by atoms with van der Waals surface area (Å²) in [6.07, 6.45) is -1.47. The summed E-state index contributed by atoms with van der Waals surface area (Å²) in [5, 5.41) is 10.5. The maximum Gasteiger partial charge on any atom is 0.435 e. The fourth-order valence-corrected chi connectivity index (χ4v) is 3.26. The molecule has 1 N–H and O–H groups in total. The minimum Gasteiger partial charge on any atom is -0.291 e. The van der Waals surface area contributed by atoms with Crippen LogP contribution in [0.25, 0.3) is 0 Å². The lowest BCUT2D eigenvalue weighted by molar-refractivity contribution is -0.141. The Kier molecular flexibility index (Phi) is 5.08. The van der Waals surface area contributed by atoms with Crippen LogP contribution in [-0.4, -0.2) is 30.5 Å². The SMILES string of the molecule is Cc1ccccc1Cn1cnc(NC(=O)C(C)n2nc(C(F)(F)F)cc2C2CC2)n1. The number of hydrogen-bond donors (Lipinski definition) is 1. The second-order valence-electron chi connectivity index (χ2n) is 7.53. The van der Waals surface area contributed by atoms with Crippen molar-refractivity contribution in [2.45, 2.75) is 51.4 Å². The third-order valence-corrected chi connectivity index (χ3v) is 5.16. The highest BCUT2D eigenvalue weighted by Gasteiger charge is 2.39. The Bertz CT molecular complexity index is 1070. The molecule has 1 aromatic carbocycles. The quantitative estimate of drug-likeness (QED) is 0.658. The van der Waals surface area contributed by atoms with Crippen molar-refractivity contribution in [1.29, 1.82) is 0 Å². The third-order valence-electron chi connectivity index (χ3n) is 5.16. The normalized spacial score (nSPS) is 15.2. The van der Waals surface area contributed by atoms with E-state index in [0.29, 0.717) is 12.2 Å². The summed E-state index contributed by atoms with van der Waals surface area (Å²) in [5.74, 6) is -0.422. The van der Waals surface area contributed by atoms with Gasteiger partial charge in [-0.25, -0.2) is 9.67 Å². The van der Waals surface area contributed by atoms with Gasteiger partial charge >= 0.3 is 6.18 Å². The van der Waals surface area contributed by atoms with E-state index >= 15 is 0 Å². The number of anilines is 1. The maximum atomic E-state index is 13.1. The Morgan fingerprint density at radius 3 is 2.67 bits per heavy atom. The molecule has 1 aliphatic carbocycles. The molecule has 2 aromatic heterocycles. The number of aromatic nitrogens is 5. The molecule has 4 rings (SSSR count). The van der Waals surface area contributed by atoms with E-state index in [1.165, 1.54) is 17.9 Å². The molecule has 30 heavy (non-hydrogen) atoms. The van der Waals surface area contributed by atoms with Gasteiger partial charge in [0.25, 0.3) is 5.91 Å². The summed E-state index contributed by atoms with van der Waals surface area (Å²) in [6.45, 7) is 4.00. The highest BCUT2D eigenvalue weighted by Crippen LogP contribution is 2.43. The second-order valence-corrected chi connectivity index (χ2v) is 7.53. The first-order chi connectivity index (χ1) is 14.2. The lowest BCUT2D eigenvalue weighted by Crippen LogP contribution is -2.26. The summed E-state index contributed by atoms with van der Waals surface area (Å²) in [7, 11) is 0. The molecular formula is C20H21F3N6O. The van der Waals surface area contributed by atoms with E-state index in [1.807, 2.05) is 31.2 Å². The Morgan fingerprint density at radius 2 is 2.00 bits per heavy atom. The zero-order chi connectivity index (χ0) is 21.5. The van der Waals surface area contributed by atoms with Gasteiger partial charge in [0.1, 0.15) is 12.4 Å². The Balaban J connectivity index is 1.48. The topological polar surface area (TPSA) is 77.6 Å². The van der Waals surface area contributed by atoms with Crippen LogP contribution in [0.1, 0.15) is 54.2 Å². The van der Waals surface area contributed by atoms with Gasteiger partial charge in [-0.05, 0) is 43.9 Å². The van der Waals surface area contributed by atoms with E-state index in [0.717, 1.165) is 30.0 Å². The molecule has 1 saturated carbocycles. The molecule has 0 radical (unpaired) electrons. The molecule has 0 aliphatic heterocycles. The second kappa shape index (κ2) is 7.58. The molecule has 10 heteroatoms. The van der Waals surface area contributed by atoms with E-state index < -0.39 is 23.8 Å². The van der Waals surface area contributed by atoms with Crippen molar-refractivity contribution < 1.29 is 18.0 Å². The molecular weight excluding hydrogens is 397 g/mol. The van der Waals surface area contributed by atoms with E-state index in [4.69, 9.17) is 0 Å². The van der Waals surface area contributed by atoms with Gasteiger partial charge in [0.05, 0.1) is 6.54 Å². The number of hydrogen-bond acceptors (Lipinski definition) is 4. The maximum absolute atomic E-state index is 13.1. The number of amides is 1. The summed E-state index contributed by atoms with van der Waals surface area (Å²) in [6, 6.07) is 7.96. The lowest BCUT2D eigenvalue weighted by Gasteiger charge is -2.14. The van der Waals surface area contributed by atoms with Crippen LogP contribution >= 0.6 is 0 Å². The summed E-state index contributed by atoms with van der Waals surface area (Å²) < 4.78 is 42.0. The molecule has 7 nitrogen and oxygen atoms in total. The Hall–Kier alpha value is -3.17. The average molecular weight is 418 g/mol. The van der Waals surface area contributed by atoms with Crippen LogP contribution in [0.3, 0.4) is 0 Å². The zero-order valence-electron chi connectivity index (χ0n) is 16.5. The third kappa shape index (κ3) is 4.22. The van der Waals surface area contributed by atoms with Crippen molar-refractivity contribution in [3.8, 4) is 0 Å². The van der Waals surface area contributed by atoms with Gasteiger partial charge in [0, 0.05) is 11.6 Å². The van der Waals surface area contributed by atoms with Crippen LogP contribution in [0.2, 0.25) is 0 Å². The van der Waals surface area contributed by atoms with Gasteiger partial charge < -0.3 is 0 Å².